The van der Waals surface area contributed by atoms with Gasteiger partial charge in [0.1, 0.15) is 39.3 Å². The molecule has 0 saturated carbocycles. The molecular formula is C34H38N3O6+. The van der Waals surface area contributed by atoms with E-state index in [1.54, 1.807) is 17.0 Å². The third kappa shape index (κ3) is 9.66. The minimum Gasteiger partial charge on any atom is -0.545 e. The molecular weight excluding hydrogens is 546 g/mol. The highest BCUT2D eigenvalue weighted by Crippen LogP contribution is 2.35. The van der Waals surface area contributed by atoms with E-state index in [0.29, 0.717) is 24.3 Å². The summed E-state index contributed by atoms with van der Waals surface area (Å²) in [6.07, 6.45) is 6.57. The normalized spacial score (nSPS) is 17.2. The molecule has 1 saturated heterocycles. The topological polar surface area (TPSA) is 116 Å². The van der Waals surface area contributed by atoms with Crippen LogP contribution in [0.5, 0.6) is 0 Å². The number of carbonyl (C=O) groups excluding carboxylic acids is 2. The fourth-order valence-corrected chi connectivity index (χ4v) is 5.33. The molecule has 0 spiro atoms. The first-order valence-electron chi connectivity index (χ1n) is 14.6. The van der Waals surface area contributed by atoms with Crippen LogP contribution >= 0.6 is 0 Å². The van der Waals surface area contributed by atoms with Crippen LogP contribution in [0.15, 0.2) is 91.0 Å². The first-order chi connectivity index (χ1) is 20.9. The quantitative estimate of drug-likeness (QED) is 0.238. The Morgan fingerprint density at radius 3 is 1.84 bits per heavy atom. The smallest absolute Gasteiger partial charge is 0.338 e. The van der Waals surface area contributed by atoms with Crippen molar-refractivity contribution in [3.05, 3.63) is 108 Å². The predicted molar refractivity (Wildman–Crippen MR) is 163 cm³/mol. The Balaban J connectivity index is 0.000000467. The molecule has 2 aliphatic rings. The van der Waals surface area contributed by atoms with Gasteiger partial charge in [0, 0.05) is 30.4 Å². The zero-order valence-corrected chi connectivity index (χ0v) is 24.1. The van der Waals surface area contributed by atoms with E-state index in [-0.39, 0.29) is 5.97 Å². The molecule has 3 aromatic carbocycles. The van der Waals surface area contributed by atoms with E-state index in [1.807, 2.05) is 18.2 Å². The number of piperazine rings is 1. The molecule has 0 bridgehead atoms. The summed E-state index contributed by atoms with van der Waals surface area (Å²) in [5, 5.41) is 17.2. The van der Waals surface area contributed by atoms with E-state index >= 15 is 0 Å². The minimum atomic E-state index is -1.51. The summed E-state index contributed by atoms with van der Waals surface area (Å²) in [7, 11) is 0. The van der Waals surface area contributed by atoms with Gasteiger partial charge in [0.2, 0.25) is 0 Å². The van der Waals surface area contributed by atoms with Gasteiger partial charge in [0.15, 0.2) is 0 Å². The summed E-state index contributed by atoms with van der Waals surface area (Å²) in [6, 6.07) is 26.6. The molecule has 5 rings (SSSR count). The number of quaternary nitrogens is 2. The van der Waals surface area contributed by atoms with Gasteiger partial charge < -0.3 is 34.4 Å². The fraction of sp³-hybridized carbons (Fsp3) is 0.265. The van der Waals surface area contributed by atoms with Crippen LogP contribution in [0.4, 0.5) is 11.4 Å². The number of ether oxygens (including phenoxy) is 1. The summed E-state index contributed by atoms with van der Waals surface area (Å²) in [6.45, 7) is 8.21. The summed E-state index contributed by atoms with van der Waals surface area (Å²) >= 11 is 0. The fourth-order valence-electron chi connectivity index (χ4n) is 5.33. The highest BCUT2D eigenvalue weighted by atomic mass is 16.5. The third-order valence-electron chi connectivity index (χ3n) is 7.53. The van der Waals surface area contributed by atoms with Gasteiger partial charge in [-0.15, -0.1) is 0 Å². The molecule has 9 heteroatoms. The summed E-state index contributed by atoms with van der Waals surface area (Å²) in [5.41, 5.74) is 5.77. The Kier molecular flexibility index (Phi) is 11.6. The maximum Gasteiger partial charge on any atom is 0.338 e. The van der Waals surface area contributed by atoms with E-state index in [2.05, 4.69) is 65.6 Å². The average molecular weight is 585 g/mol. The Labute approximate surface area is 251 Å². The number of para-hydroxylation sites is 2. The van der Waals surface area contributed by atoms with Crippen molar-refractivity contribution in [1.29, 1.82) is 0 Å². The first kappa shape index (κ1) is 31.2. The number of anilines is 2. The van der Waals surface area contributed by atoms with E-state index in [1.165, 1.54) is 47.0 Å². The van der Waals surface area contributed by atoms with Crippen molar-refractivity contribution in [2.45, 2.75) is 6.42 Å². The number of rotatable bonds is 10. The molecule has 0 aliphatic carbocycles. The summed E-state index contributed by atoms with van der Waals surface area (Å²) in [4.78, 5) is 36.8. The number of aliphatic carboxylic acids is 2. The number of fused-ring (bicyclic) bond motifs is 2. The third-order valence-corrected chi connectivity index (χ3v) is 7.53. The maximum absolute atomic E-state index is 12.1. The van der Waals surface area contributed by atoms with Gasteiger partial charge >= 0.3 is 11.9 Å². The lowest BCUT2D eigenvalue weighted by atomic mass is 10.1. The maximum atomic E-state index is 12.1. The number of hydrogen-bond donors (Lipinski definition) is 3. The summed E-state index contributed by atoms with van der Waals surface area (Å²) in [5.74, 6) is -3.03. The van der Waals surface area contributed by atoms with Gasteiger partial charge in [-0.25, -0.2) is 9.59 Å². The van der Waals surface area contributed by atoms with Crippen molar-refractivity contribution in [3.63, 3.8) is 0 Å². The lowest BCUT2D eigenvalue weighted by Crippen LogP contribution is -3.28. The van der Waals surface area contributed by atoms with Crippen molar-refractivity contribution in [1.82, 2.24) is 0 Å². The van der Waals surface area contributed by atoms with Gasteiger partial charge in [-0.05, 0) is 41.5 Å². The van der Waals surface area contributed by atoms with Crippen LogP contribution in [0.2, 0.25) is 0 Å². The van der Waals surface area contributed by atoms with Crippen molar-refractivity contribution in [2.75, 3.05) is 57.3 Å². The van der Waals surface area contributed by atoms with Gasteiger partial charge in [-0.2, -0.15) is 0 Å². The number of benzene rings is 3. The Bertz CT molecular complexity index is 1370. The van der Waals surface area contributed by atoms with Crippen molar-refractivity contribution in [2.24, 2.45) is 0 Å². The van der Waals surface area contributed by atoms with Gasteiger partial charge in [-0.3, -0.25) is 0 Å². The molecule has 43 heavy (non-hydrogen) atoms. The highest BCUT2D eigenvalue weighted by molar-refractivity contribution is 5.90. The Morgan fingerprint density at radius 1 is 0.767 bits per heavy atom. The lowest BCUT2D eigenvalue weighted by molar-refractivity contribution is -1.01. The molecule has 9 nitrogen and oxygen atoms in total. The number of carbonyl (C=O) groups is 3. The van der Waals surface area contributed by atoms with Crippen LogP contribution in [-0.4, -0.2) is 75.4 Å². The number of hydrogen-bond acceptors (Lipinski definition) is 6. The van der Waals surface area contributed by atoms with Crippen LogP contribution in [0.3, 0.4) is 0 Å². The zero-order valence-electron chi connectivity index (χ0n) is 24.1. The number of esters is 1. The molecule has 2 heterocycles. The van der Waals surface area contributed by atoms with Crippen molar-refractivity contribution in [3.8, 4) is 0 Å². The zero-order chi connectivity index (χ0) is 30.4. The van der Waals surface area contributed by atoms with Gasteiger partial charge in [0.05, 0.1) is 18.1 Å². The summed E-state index contributed by atoms with van der Waals surface area (Å²) < 4.78 is 5.48. The van der Waals surface area contributed by atoms with E-state index in [0.717, 1.165) is 32.6 Å². The molecule has 3 N–H and O–H groups in total. The molecule has 0 aromatic heterocycles. The van der Waals surface area contributed by atoms with Crippen molar-refractivity contribution >= 4 is 41.4 Å². The lowest BCUT2D eigenvalue weighted by Gasteiger charge is -2.31. The number of nitrogens with one attached hydrogen (secondary N) is 2. The van der Waals surface area contributed by atoms with E-state index in [9.17, 15) is 19.5 Å². The second kappa shape index (κ2) is 16.1. The van der Waals surface area contributed by atoms with Crippen LogP contribution in [0.1, 0.15) is 27.9 Å². The first-order valence-corrected chi connectivity index (χ1v) is 14.6. The van der Waals surface area contributed by atoms with E-state index in [4.69, 9.17) is 9.84 Å². The van der Waals surface area contributed by atoms with Gasteiger partial charge in [-0.1, -0.05) is 66.7 Å². The van der Waals surface area contributed by atoms with Gasteiger partial charge in [0.25, 0.3) is 0 Å². The molecule has 3 aromatic rings. The predicted octanol–water partition coefficient (Wildman–Crippen LogP) is 0.716. The second-order valence-corrected chi connectivity index (χ2v) is 10.4. The molecule has 224 valence electrons. The SMILES string of the molecule is O=C(OCC[NH+]1CC[NH+](CCCN2c3ccccc3C=Cc3ccccc32)CC1)c1ccccc1.O=C([O-])/C=C\C(=O)O. The monoisotopic (exact) mass is 584 g/mol. The number of nitrogens with zero attached hydrogens (tertiary/aromatic N) is 1. The molecule has 0 atom stereocenters. The second-order valence-electron chi connectivity index (χ2n) is 10.4. The highest BCUT2D eigenvalue weighted by Gasteiger charge is 2.24. The molecule has 0 radical (unpaired) electrons. The average Bonchev–Trinajstić information content (AvgIpc) is 3.18. The standard InChI is InChI=1S/C30H33N3O2.C4H4O4/c34-30(27-11-2-1-3-12-27)35-24-23-32-21-19-31(20-22-32)17-8-18-33-28-13-6-4-9-25(28)15-16-26-10-5-7-14-29(26)33;5-3(6)1-2-4(7)8/h1-7,9-16H,8,17-24H2;1-2H,(H,5,6)(H,7,8)/p+1/b;2-1-. The van der Waals surface area contributed by atoms with Crippen LogP contribution < -0.4 is 19.8 Å². The minimum absolute atomic E-state index is 0.221. The Morgan fingerprint density at radius 2 is 1.30 bits per heavy atom. The van der Waals surface area contributed by atoms with Crippen LogP contribution in [0.25, 0.3) is 12.2 Å². The van der Waals surface area contributed by atoms with Crippen molar-refractivity contribution < 1.29 is 39.1 Å². The molecule has 2 aliphatic heterocycles. The van der Waals surface area contributed by atoms with E-state index < -0.39 is 11.9 Å². The Hall–Kier alpha value is -4.73. The molecule has 1 fully saturated rings. The van der Waals surface area contributed by atoms with Crippen LogP contribution in [0, 0.1) is 0 Å². The number of carboxylic acid groups (broad SMARTS) is 2. The van der Waals surface area contributed by atoms with Crippen LogP contribution in [-0.2, 0) is 14.3 Å². The molecule has 0 unspecified atom stereocenters. The number of carboxylic acids is 2. The molecule has 0 amide bonds. The largest absolute Gasteiger partial charge is 0.545 e.